The zero-order valence-electron chi connectivity index (χ0n) is 15.9. The number of anilines is 1. The number of fused-ring (bicyclic) bond motifs is 4. The van der Waals surface area contributed by atoms with Crippen molar-refractivity contribution in [2.75, 3.05) is 11.4 Å². The van der Waals surface area contributed by atoms with E-state index in [2.05, 4.69) is 29.2 Å². The van der Waals surface area contributed by atoms with Crippen molar-refractivity contribution in [3.63, 3.8) is 0 Å². The molecule has 5 atom stereocenters. The zero-order valence-corrected chi connectivity index (χ0v) is 15.9. The minimum absolute atomic E-state index is 0.118. The monoisotopic (exact) mass is 388 g/mol. The molecule has 0 bridgehead atoms. The van der Waals surface area contributed by atoms with E-state index in [9.17, 15) is 14.5 Å². The van der Waals surface area contributed by atoms with Crippen molar-refractivity contribution in [2.45, 2.75) is 30.7 Å². The van der Waals surface area contributed by atoms with E-state index in [1.807, 2.05) is 12.1 Å². The van der Waals surface area contributed by atoms with E-state index < -0.39 is 0 Å². The van der Waals surface area contributed by atoms with Gasteiger partial charge in [0.25, 0.3) is 5.69 Å². The van der Waals surface area contributed by atoms with Crippen LogP contribution in [0.1, 0.15) is 47.4 Å². The Balaban J connectivity index is 1.54. The molecule has 0 radical (unpaired) electrons. The van der Waals surface area contributed by atoms with Crippen molar-refractivity contribution >= 4 is 11.4 Å². The van der Waals surface area contributed by atoms with E-state index in [0.717, 1.165) is 36.1 Å². The molecule has 0 aromatic heterocycles. The fourth-order valence-corrected chi connectivity index (χ4v) is 6.11. The van der Waals surface area contributed by atoms with Gasteiger partial charge in [-0.1, -0.05) is 36.4 Å². The lowest BCUT2D eigenvalue weighted by atomic mass is 9.70. The molecule has 2 aromatic rings. The molecule has 6 rings (SSSR count). The highest BCUT2D eigenvalue weighted by Gasteiger charge is 2.47. The summed E-state index contributed by atoms with van der Waals surface area (Å²) < 4.78 is 14.6. The second-order valence-corrected chi connectivity index (χ2v) is 8.68. The Kier molecular flexibility index (Phi) is 3.52. The summed E-state index contributed by atoms with van der Waals surface area (Å²) in [4.78, 5) is 13.2. The van der Waals surface area contributed by atoms with E-state index in [0.29, 0.717) is 11.8 Å². The summed E-state index contributed by atoms with van der Waals surface area (Å²) in [6, 6.07) is 10.6. The van der Waals surface area contributed by atoms with Crippen LogP contribution in [-0.4, -0.2) is 11.5 Å². The second-order valence-electron chi connectivity index (χ2n) is 8.68. The molecule has 146 valence electrons. The number of benzene rings is 2. The molecule has 0 N–H and O–H groups in total. The van der Waals surface area contributed by atoms with Crippen molar-refractivity contribution in [3.8, 4) is 0 Å². The van der Waals surface area contributed by atoms with Crippen molar-refractivity contribution < 1.29 is 9.31 Å². The first kappa shape index (κ1) is 17.0. The zero-order chi connectivity index (χ0) is 19.7. The molecule has 0 saturated heterocycles. The highest BCUT2D eigenvalue weighted by atomic mass is 19.1. The summed E-state index contributed by atoms with van der Waals surface area (Å²) in [7, 11) is 0. The summed E-state index contributed by atoms with van der Waals surface area (Å²) in [5.41, 5.74) is 4.63. The van der Waals surface area contributed by atoms with Crippen molar-refractivity contribution in [1.82, 2.24) is 0 Å². The van der Waals surface area contributed by atoms with Gasteiger partial charge in [-0.25, -0.2) is 4.39 Å². The van der Waals surface area contributed by atoms with Crippen LogP contribution < -0.4 is 4.90 Å². The van der Waals surface area contributed by atoms with Gasteiger partial charge in [0.1, 0.15) is 5.82 Å². The predicted molar refractivity (Wildman–Crippen MR) is 110 cm³/mol. The minimum atomic E-state index is -0.351. The first-order valence-electron chi connectivity index (χ1n) is 10.3. The van der Waals surface area contributed by atoms with Gasteiger partial charge in [-0.3, -0.25) is 10.1 Å². The molecule has 0 spiro atoms. The van der Waals surface area contributed by atoms with Crippen LogP contribution in [0, 0.1) is 27.8 Å². The van der Waals surface area contributed by atoms with Crippen molar-refractivity contribution in [3.05, 3.63) is 93.3 Å². The molecule has 2 aromatic carbocycles. The molecule has 0 unspecified atom stereocenters. The van der Waals surface area contributed by atoms with Gasteiger partial charge in [0, 0.05) is 36.2 Å². The normalized spacial score (nSPS) is 30.8. The van der Waals surface area contributed by atoms with Crippen molar-refractivity contribution in [2.24, 2.45) is 11.8 Å². The smallest absolute Gasteiger partial charge is 0.269 e. The summed E-state index contributed by atoms with van der Waals surface area (Å²) >= 11 is 0. The van der Waals surface area contributed by atoms with Crippen LogP contribution in [-0.2, 0) is 0 Å². The minimum Gasteiger partial charge on any atom is -0.363 e. The van der Waals surface area contributed by atoms with Gasteiger partial charge in [-0.15, -0.1) is 0 Å². The van der Waals surface area contributed by atoms with Crippen LogP contribution >= 0.6 is 0 Å². The number of hydrogen-bond acceptors (Lipinski definition) is 3. The average Bonchev–Trinajstić information content (AvgIpc) is 3.37. The molecule has 0 fully saturated rings. The quantitative estimate of drug-likeness (QED) is 0.381. The lowest BCUT2D eigenvalue weighted by Gasteiger charge is -2.51. The molecule has 2 aliphatic heterocycles. The summed E-state index contributed by atoms with van der Waals surface area (Å²) in [5.74, 6) is 1.12. The van der Waals surface area contributed by atoms with Gasteiger partial charge >= 0.3 is 0 Å². The maximum atomic E-state index is 14.6. The fourth-order valence-electron chi connectivity index (χ4n) is 6.11. The van der Waals surface area contributed by atoms with Crippen LogP contribution in [0.25, 0.3) is 0 Å². The highest BCUT2D eigenvalue weighted by molar-refractivity contribution is 5.70. The van der Waals surface area contributed by atoms with Crippen LogP contribution in [0.4, 0.5) is 15.8 Å². The standard InChI is InChI=1S/C24H21FN2O2/c25-16-11-21-18-4-1-3-15(18)13-26-23(14-7-9-17(10-8-14)27(28)29)20-6-2-5-19(20)22(12-16)24(21)26/h1-2,4-5,7-12,15,18-20,23H,3,6,13H2/t15-,18+,19+,20-,23+/m1/s1. The van der Waals surface area contributed by atoms with E-state index >= 15 is 0 Å². The third kappa shape index (κ3) is 2.36. The van der Waals surface area contributed by atoms with E-state index in [-0.39, 0.29) is 34.3 Å². The first-order valence-corrected chi connectivity index (χ1v) is 10.3. The van der Waals surface area contributed by atoms with E-state index in [1.54, 1.807) is 24.3 Å². The van der Waals surface area contributed by atoms with Gasteiger partial charge in [0.05, 0.1) is 11.0 Å². The largest absolute Gasteiger partial charge is 0.363 e. The summed E-state index contributed by atoms with van der Waals surface area (Å²) in [6.07, 6.45) is 10.9. The van der Waals surface area contributed by atoms with Crippen LogP contribution in [0.2, 0.25) is 0 Å². The van der Waals surface area contributed by atoms with E-state index in [4.69, 9.17) is 0 Å². The number of halogens is 1. The Labute approximate surface area is 168 Å². The molecule has 0 saturated carbocycles. The lowest BCUT2D eigenvalue weighted by Crippen LogP contribution is -2.46. The van der Waals surface area contributed by atoms with Crippen LogP contribution in [0.3, 0.4) is 0 Å². The Hall–Kier alpha value is -2.95. The number of nitro benzene ring substituents is 1. The first-order chi connectivity index (χ1) is 14.1. The Morgan fingerprint density at radius 3 is 2.45 bits per heavy atom. The Morgan fingerprint density at radius 2 is 1.69 bits per heavy atom. The highest BCUT2D eigenvalue weighted by Crippen LogP contribution is 2.58. The van der Waals surface area contributed by atoms with Gasteiger partial charge in [-0.05, 0) is 53.5 Å². The lowest BCUT2D eigenvalue weighted by molar-refractivity contribution is -0.384. The van der Waals surface area contributed by atoms with Gasteiger partial charge in [-0.2, -0.15) is 0 Å². The van der Waals surface area contributed by atoms with Crippen LogP contribution in [0.15, 0.2) is 60.7 Å². The number of hydrogen-bond donors (Lipinski definition) is 0. The fraction of sp³-hybridized carbons (Fsp3) is 0.333. The van der Waals surface area contributed by atoms with Gasteiger partial charge < -0.3 is 4.90 Å². The molecular weight excluding hydrogens is 367 g/mol. The predicted octanol–water partition coefficient (Wildman–Crippen LogP) is 5.63. The Bertz CT molecular complexity index is 1060. The third-order valence-corrected chi connectivity index (χ3v) is 7.26. The molecule has 4 aliphatic rings. The van der Waals surface area contributed by atoms with E-state index in [1.165, 1.54) is 5.69 Å². The van der Waals surface area contributed by atoms with Gasteiger partial charge in [0.15, 0.2) is 0 Å². The summed E-state index contributed by atoms with van der Waals surface area (Å²) in [6.45, 7) is 0.939. The number of allylic oxidation sites excluding steroid dienone is 4. The molecular formula is C24H21FN2O2. The number of non-ortho nitro benzene ring substituents is 1. The van der Waals surface area contributed by atoms with Crippen molar-refractivity contribution in [1.29, 1.82) is 0 Å². The molecule has 4 nitrogen and oxygen atoms in total. The molecule has 29 heavy (non-hydrogen) atoms. The SMILES string of the molecule is O=[N+]([O-])c1ccc([C@H]2[C@@H]3CC=C[C@@H]3c3cc(F)cc4c3N2C[C@H]2CC=C[C@H]42)cc1. The topological polar surface area (TPSA) is 46.4 Å². The molecule has 0 amide bonds. The second kappa shape index (κ2) is 6.02. The maximum absolute atomic E-state index is 14.6. The maximum Gasteiger partial charge on any atom is 0.269 e. The average molecular weight is 388 g/mol. The molecule has 2 aliphatic carbocycles. The Morgan fingerprint density at radius 1 is 1.00 bits per heavy atom. The molecule has 2 heterocycles. The number of nitrogens with zero attached hydrogens (tertiary/aromatic N) is 2. The van der Waals surface area contributed by atoms with Gasteiger partial charge in [0.2, 0.25) is 0 Å². The number of nitro groups is 1. The molecule has 5 heteroatoms. The van der Waals surface area contributed by atoms with Crippen LogP contribution in [0.5, 0.6) is 0 Å². The summed E-state index contributed by atoms with van der Waals surface area (Å²) in [5, 5.41) is 11.1. The number of rotatable bonds is 2. The third-order valence-electron chi connectivity index (χ3n) is 7.26.